The smallest absolute Gasteiger partial charge is 0.271 e. The number of nitrogens with two attached hydrogens (primary N) is 1. The second-order valence-corrected chi connectivity index (χ2v) is 5.15. The zero-order chi connectivity index (χ0) is 16.8. The molecule has 0 aromatic heterocycles. The van der Waals surface area contributed by atoms with Crippen LogP contribution < -0.4 is 10.5 Å². The first-order valence-corrected chi connectivity index (χ1v) is 7.22. The van der Waals surface area contributed by atoms with Gasteiger partial charge >= 0.3 is 0 Å². The van der Waals surface area contributed by atoms with Crippen LogP contribution in [0.5, 0.6) is 5.75 Å². The van der Waals surface area contributed by atoms with Crippen molar-refractivity contribution in [3.63, 3.8) is 0 Å². The third-order valence-corrected chi connectivity index (χ3v) is 3.49. The molecular formula is C18H20N2O3. The van der Waals surface area contributed by atoms with Crippen LogP contribution in [0, 0.1) is 13.8 Å². The van der Waals surface area contributed by atoms with Crippen LogP contribution in [0.25, 0.3) is 0 Å². The highest BCUT2D eigenvalue weighted by molar-refractivity contribution is 6.45. The number of para-hydroxylation sites is 1. The minimum Gasteiger partial charge on any atom is -0.489 e. The van der Waals surface area contributed by atoms with E-state index in [1.165, 1.54) is 7.11 Å². The van der Waals surface area contributed by atoms with Gasteiger partial charge in [0.15, 0.2) is 5.71 Å². The Morgan fingerprint density at radius 3 is 2.43 bits per heavy atom. The van der Waals surface area contributed by atoms with Crippen molar-refractivity contribution in [1.82, 2.24) is 0 Å². The number of ether oxygens (including phenoxy) is 1. The van der Waals surface area contributed by atoms with Crippen molar-refractivity contribution >= 4 is 11.6 Å². The molecule has 0 aliphatic rings. The molecule has 0 unspecified atom stereocenters. The first-order chi connectivity index (χ1) is 11.0. The normalized spacial score (nSPS) is 11.2. The van der Waals surface area contributed by atoms with Gasteiger partial charge in [0.05, 0.1) is 0 Å². The highest BCUT2D eigenvalue weighted by Crippen LogP contribution is 2.21. The molecule has 0 atom stereocenters. The second kappa shape index (κ2) is 7.45. The highest BCUT2D eigenvalue weighted by atomic mass is 16.6. The Morgan fingerprint density at radius 2 is 1.78 bits per heavy atom. The molecule has 0 aliphatic heterocycles. The Bertz CT molecular complexity index is 739. The van der Waals surface area contributed by atoms with Gasteiger partial charge in [-0.05, 0) is 36.6 Å². The predicted molar refractivity (Wildman–Crippen MR) is 89.4 cm³/mol. The van der Waals surface area contributed by atoms with Crippen LogP contribution in [0.4, 0.5) is 0 Å². The number of oxime groups is 1. The topological polar surface area (TPSA) is 73.9 Å². The van der Waals surface area contributed by atoms with Gasteiger partial charge in [0.2, 0.25) is 0 Å². The molecule has 0 fully saturated rings. The van der Waals surface area contributed by atoms with Crippen molar-refractivity contribution in [3.05, 3.63) is 64.7 Å². The fourth-order valence-corrected chi connectivity index (χ4v) is 2.37. The van der Waals surface area contributed by atoms with E-state index in [0.29, 0.717) is 12.2 Å². The van der Waals surface area contributed by atoms with E-state index in [-0.39, 0.29) is 5.71 Å². The van der Waals surface area contributed by atoms with E-state index in [1.807, 2.05) is 56.3 Å². The molecule has 2 N–H and O–H groups in total. The lowest BCUT2D eigenvalue weighted by molar-refractivity contribution is -0.112. The maximum absolute atomic E-state index is 11.7. The molecule has 1 amide bonds. The van der Waals surface area contributed by atoms with Gasteiger partial charge in [-0.3, -0.25) is 4.79 Å². The van der Waals surface area contributed by atoms with Gasteiger partial charge in [0.25, 0.3) is 5.91 Å². The van der Waals surface area contributed by atoms with Crippen molar-refractivity contribution in [2.24, 2.45) is 10.9 Å². The molecule has 2 aromatic rings. The molecule has 0 spiro atoms. The number of aryl methyl sites for hydroxylation is 2. The Hall–Kier alpha value is -2.82. The summed E-state index contributed by atoms with van der Waals surface area (Å²) in [5.41, 5.74) is 8.92. The van der Waals surface area contributed by atoms with Crippen LogP contribution in [-0.4, -0.2) is 18.7 Å². The van der Waals surface area contributed by atoms with Crippen LogP contribution in [0.2, 0.25) is 0 Å². The first-order valence-electron chi connectivity index (χ1n) is 7.22. The van der Waals surface area contributed by atoms with Crippen LogP contribution in [-0.2, 0) is 16.2 Å². The lowest BCUT2D eigenvalue weighted by atomic mass is 9.97. The van der Waals surface area contributed by atoms with Gasteiger partial charge in [0.1, 0.15) is 19.5 Å². The fraction of sp³-hybridized carbons (Fsp3) is 0.222. The van der Waals surface area contributed by atoms with Crippen molar-refractivity contribution in [3.8, 4) is 5.75 Å². The summed E-state index contributed by atoms with van der Waals surface area (Å²) in [6, 6.07) is 13.4. The number of benzene rings is 2. The summed E-state index contributed by atoms with van der Waals surface area (Å²) >= 11 is 0. The summed E-state index contributed by atoms with van der Waals surface area (Å²) < 4.78 is 5.88. The van der Waals surface area contributed by atoms with Crippen LogP contribution in [0.15, 0.2) is 47.6 Å². The molecular weight excluding hydrogens is 292 g/mol. The Morgan fingerprint density at radius 1 is 1.09 bits per heavy atom. The summed E-state index contributed by atoms with van der Waals surface area (Å²) in [6.45, 7) is 4.17. The predicted octanol–water partition coefficient (Wildman–Crippen LogP) is 2.72. The van der Waals surface area contributed by atoms with E-state index < -0.39 is 5.91 Å². The maximum Gasteiger partial charge on any atom is 0.271 e. The molecule has 23 heavy (non-hydrogen) atoms. The van der Waals surface area contributed by atoms with Gasteiger partial charge in [-0.1, -0.05) is 41.6 Å². The van der Waals surface area contributed by atoms with E-state index in [9.17, 15) is 4.79 Å². The summed E-state index contributed by atoms with van der Waals surface area (Å²) in [7, 11) is 1.38. The second-order valence-electron chi connectivity index (χ2n) is 5.15. The molecule has 2 rings (SSSR count). The average Bonchev–Trinajstić information content (AvgIpc) is 2.52. The monoisotopic (exact) mass is 312 g/mol. The molecule has 5 nitrogen and oxygen atoms in total. The molecule has 0 bridgehead atoms. The maximum atomic E-state index is 11.7. The number of carbonyl (C=O) groups is 1. The molecule has 120 valence electrons. The quantitative estimate of drug-likeness (QED) is 0.658. The zero-order valence-corrected chi connectivity index (χ0v) is 13.5. The zero-order valence-electron chi connectivity index (χ0n) is 13.5. The van der Waals surface area contributed by atoms with E-state index in [4.69, 9.17) is 15.3 Å². The third-order valence-electron chi connectivity index (χ3n) is 3.49. The van der Waals surface area contributed by atoms with Crippen molar-refractivity contribution < 1.29 is 14.4 Å². The molecule has 0 saturated carbocycles. The van der Waals surface area contributed by atoms with Crippen LogP contribution in [0.3, 0.4) is 0 Å². The summed E-state index contributed by atoms with van der Waals surface area (Å²) in [5.74, 6) is 0.155. The van der Waals surface area contributed by atoms with Crippen LogP contribution in [0.1, 0.15) is 22.3 Å². The van der Waals surface area contributed by atoms with Crippen molar-refractivity contribution in [1.29, 1.82) is 0 Å². The number of amides is 1. The average molecular weight is 312 g/mol. The van der Waals surface area contributed by atoms with Gasteiger partial charge < -0.3 is 15.3 Å². The number of hydrogen-bond acceptors (Lipinski definition) is 4. The lowest BCUT2D eigenvalue weighted by Crippen LogP contribution is -2.26. The number of primary amides is 1. The molecule has 0 saturated heterocycles. The Kier molecular flexibility index (Phi) is 5.36. The lowest BCUT2D eigenvalue weighted by Gasteiger charge is -2.14. The van der Waals surface area contributed by atoms with Gasteiger partial charge in [-0.25, -0.2) is 0 Å². The SMILES string of the molecule is CON=C(C(N)=O)c1c(C)cccc1COc1ccccc1C. The fourth-order valence-electron chi connectivity index (χ4n) is 2.37. The third kappa shape index (κ3) is 3.88. The van der Waals surface area contributed by atoms with E-state index >= 15 is 0 Å². The van der Waals surface area contributed by atoms with E-state index in [2.05, 4.69) is 5.16 Å². The summed E-state index contributed by atoms with van der Waals surface area (Å²) in [4.78, 5) is 16.5. The Balaban J connectivity index is 2.36. The van der Waals surface area contributed by atoms with Gasteiger partial charge in [0, 0.05) is 5.56 Å². The molecule has 0 heterocycles. The number of carbonyl (C=O) groups excluding carboxylic acids is 1. The molecule has 5 heteroatoms. The largest absolute Gasteiger partial charge is 0.489 e. The number of hydrogen-bond donors (Lipinski definition) is 1. The summed E-state index contributed by atoms with van der Waals surface area (Å²) in [6.07, 6.45) is 0. The van der Waals surface area contributed by atoms with Gasteiger partial charge in [-0.2, -0.15) is 0 Å². The first kappa shape index (κ1) is 16.5. The van der Waals surface area contributed by atoms with Crippen LogP contribution >= 0.6 is 0 Å². The standard InChI is InChI=1S/C18H20N2O3/c1-12-7-4-5-10-15(12)23-11-14-9-6-8-13(2)16(14)17(18(19)21)20-22-3/h4-10H,11H2,1-3H3,(H2,19,21). The molecule has 2 aromatic carbocycles. The van der Waals surface area contributed by atoms with Crippen molar-refractivity contribution in [2.45, 2.75) is 20.5 Å². The minimum atomic E-state index is -0.640. The minimum absolute atomic E-state index is 0.0917. The van der Waals surface area contributed by atoms with E-state index in [1.54, 1.807) is 0 Å². The molecule has 0 aliphatic carbocycles. The molecule has 0 radical (unpaired) electrons. The number of rotatable bonds is 6. The van der Waals surface area contributed by atoms with E-state index in [0.717, 1.165) is 22.4 Å². The summed E-state index contributed by atoms with van der Waals surface area (Å²) in [5, 5.41) is 3.77. The Labute approximate surface area is 135 Å². The number of nitrogens with zero attached hydrogens (tertiary/aromatic N) is 1. The highest BCUT2D eigenvalue weighted by Gasteiger charge is 2.18. The van der Waals surface area contributed by atoms with Gasteiger partial charge in [-0.15, -0.1) is 0 Å². The van der Waals surface area contributed by atoms with Crippen molar-refractivity contribution in [2.75, 3.05) is 7.11 Å².